The third-order valence-electron chi connectivity index (χ3n) is 5.96. The second kappa shape index (κ2) is 8.14. The fourth-order valence-electron chi connectivity index (χ4n) is 4.11. The van der Waals surface area contributed by atoms with Gasteiger partial charge in [0.2, 0.25) is 5.82 Å². The van der Waals surface area contributed by atoms with Crippen molar-refractivity contribution in [2.45, 2.75) is 32.6 Å². The van der Waals surface area contributed by atoms with E-state index in [0.29, 0.717) is 11.7 Å². The molecule has 0 spiro atoms. The van der Waals surface area contributed by atoms with Crippen molar-refractivity contribution in [3.63, 3.8) is 0 Å². The van der Waals surface area contributed by atoms with Gasteiger partial charge in [-0.2, -0.15) is 10.3 Å². The van der Waals surface area contributed by atoms with E-state index in [1.807, 2.05) is 35.1 Å². The maximum absolute atomic E-state index is 4.59. The first-order valence-electron chi connectivity index (χ1n) is 10.6. The molecule has 3 heterocycles. The van der Waals surface area contributed by atoms with E-state index in [2.05, 4.69) is 82.0 Å². The highest BCUT2D eigenvalue weighted by molar-refractivity contribution is 5.80. The van der Waals surface area contributed by atoms with E-state index in [1.165, 1.54) is 22.2 Å². The summed E-state index contributed by atoms with van der Waals surface area (Å²) >= 11 is 0. The van der Waals surface area contributed by atoms with Gasteiger partial charge in [0.25, 0.3) is 0 Å². The van der Waals surface area contributed by atoms with Gasteiger partial charge in [-0.05, 0) is 45.9 Å². The zero-order valence-corrected chi connectivity index (χ0v) is 17.7. The van der Waals surface area contributed by atoms with Crippen LogP contribution in [0, 0.1) is 0 Å². The molecule has 31 heavy (non-hydrogen) atoms. The van der Waals surface area contributed by atoms with Crippen LogP contribution in [0.3, 0.4) is 0 Å². The summed E-state index contributed by atoms with van der Waals surface area (Å²) in [6, 6.07) is 21.1. The minimum absolute atomic E-state index is 0.503. The Hall–Kier alpha value is -3.80. The highest BCUT2D eigenvalue weighted by Crippen LogP contribution is 2.31. The Morgan fingerprint density at radius 3 is 2.52 bits per heavy atom. The molecule has 1 N–H and O–H groups in total. The number of nitrogens with one attached hydrogen (secondary N) is 1. The van der Waals surface area contributed by atoms with Crippen LogP contribution in [0.15, 0.2) is 73.1 Å². The Morgan fingerprint density at radius 2 is 1.77 bits per heavy atom. The molecule has 6 nitrogen and oxygen atoms in total. The molecule has 0 amide bonds. The van der Waals surface area contributed by atoms with Gasteiger partial charge in [-0.1, -0.05) is 68.4 Å². The van der Waals surface area contributed by atoms with Crippen molar-refractivity contribution in [2.75, 3.05) is 0 Å². The lowest BCUT2D eigenvalue weighted by molar-refractivity contribution is 0.732. The second-order valence-corrected chi connectivity index (χ2v) is 7.89. The molecule has 1 atom stereocenters. The molecule has 0 aliphatic carbocycles. The van der Waals surface area contributed by atoms with Crippen LogP contribution in [0.1, 0.15) is 42.9 Å². The Bertz CT molecular complexity index is 1300. The van der Waals surface area contributed by atoms with Crippen LogP contribution in [0.2, 0.25) is 0 Å². The second-order valence-electron chi connectivity index (χ2n) is 7.89. The van der Waals surface area contributed by atoms with Gasteiger partial charge >= 0.3 is 0 Å². The normalized spacial score (nSPS) is 12.3. The monoisotopic (exact) mass is 408 g/mol. The summed E-state index contributed by atoms with van der Waals surface area (Å²) in [5, 5.41) is 19.1. The lowest BCUT2D eigenvalue weighted by Crippen LogP contribution is -1.99. The third-order valence-corrected chi connectivity index (χ3v) is 5.96. The fourth-order valence-corrected chi connectivity index (χ4v) is 4.11. The molecule has 0 fully saturated rings. The van der Waals surface area contributed by atoms with E-state index in [1.54, 1.807) is 0 Å². The molecular formula is C25H24N6. The number of hydrogen-bond acceptors (Lipinski definition) is 4. The van der Waals surface area contributed by atoms with Gasteiger partial charge in [-0.3, -0.25) is 0 Å². The standard InChI is InChI=1S/C25H24N6/c1-3-17(2)21-9-6-14-31-24(21)20(16-26-31)15-18-10-12-19(13-11-18)22-7-4-5-8-23(22)25-27-29-30-28-25/h4-14,16-17H,3,15H2,1-2H3,(H,27,28,29,30). The summed E-state index contributed by atoms with van der Waals surface area (Å²) in [7, 11) is 0. The number of fused-ring (bicyclic) bond motifs is 1. The lowest BCUT2D eigenvalue weighted by Gasteiger charge is -2.12. The summed E-state index contributed by atoms with van der Waals surface area (Å²) in [5.74, 6) is 1.10. The predicted molar refractivity (Wildman–Crippen MR) is 122 cm³/mol. The fraction of sp³-hybridized carbons (Fsp3) is 0.200. The zero-order chi connectivity index (χ0) is 21.2. The molecule has 0 saturated carbocycles. The van der Waals surface area contributed by atoms with E-state index in [-0.39, 0.29) is 0 Å². The minimum Gasteiger partial charge on any atom is -0.240 e. The van der Waals surface area contributed by atoms with Crippen molar-refractivity contribution in [1.29, 1.82) is 0 Å². The average Bonchev–Trinajstić information content (AvgIpc) is 3.50. The van der Waals surface area contributed by atoms with E-state index in [0.717, 1.165) is 29.5 Å². The number of H-pyrrole nitrogens is 1. The summed E-state index contributed by atoms with van der Waals surface area (Å²) < 4.78 is 2.01. The number of rotatable bonds is 6. The topological polar surface area (TPSA) is 71.8 Å². The first-order chi connectivity index (χ1) is 15.2. The van der Waals surface area contributed by atoms with Gasteiger partial charge in [0, 0.05) is 23.7 Å². The number of aromatic nitrogens is 6. The number of pyridine rings is 1. The van der Waals surface area contributed by atoms with Crippen LogP contribution < -0.4 is 0 Å². The molecule has 1 unspecified atom stereocenters. The Labute approximate surface area is 181 Å². The minimum atomic E-state index is 0.503. The predicted octanol–water partition coefficient (Wildman–Crippen LogP) is 5.29. The molecule has 6 heteroatoms. The van der Waals surface area contributed by atoms with Gasteiger partial charge in [0.1, 0.15) is 0 Å². The summed E-state index contributed by atoms with van der Waals surface area (Å²) in [6.07, 6.45) is 5.99. The van der Waals surface area contributed by atoms with Gasteiger partial charge < -0.3 is 0 Å². The van der Waals surface area contributed by atoms with E-state index in [4.69, 9.17) is 0 Å². The van der Waals surface area contributed by atoms with E-state index >= 15 is 0 Å². The van der Waals surface area contributed by atoms with Crippen molar-refractivity contribution in [2.24, 2.45) is 0 Å². The van der Waals surface area contributed by atoms with Crippen molar-refractivity contribution in [3.05, 3.63) is 89.7 Å². The van der Waals surface area contributed by atoms with Gasteiger partial charge in [0.15, 0.2) is 0 Å². The van der Waals surface area contributed by atoms with Crippen molar-refractivity contribution in [1.82, 2.24) is 30.2 Å². The molecule has 3 aromatic heterocycles. The maximum Gasteiger partial charge on any atom is 0.205 e. The molecule has 0 bridgehead atoms. The van der Waals surface area contributed by atoms with Crippen molar-refractivity contribution in [3.8, 4) is 22.5 Å². The van der Waals surface area contributed by atoms with Crippen molar-refractivity contribution >= 4 is 5.52 Å². The van der Waals surface area contributed by atoms with Crippen LogP contribution >= 0.6 is 0 Å². The van der Waals surface area contributed by atoms with Gasteiger partial charge in [-0.15, -0.1) is 10.2 Å². The van der Waals surface area contributed by atoms with Crippen LogP contribution in [-0.2, 0) is 6.42 Å². The quantitative estimate of drug-likeness (QED) is 0.415. The molecule has 5 rings (SSSR count). The van der Waals surface area contributed by atoms with Crippen LogP contribution in [-0.4, -0.2) is 30.2 Å². The Balaban J connectivity index is 1.47. The Morgan fingerprint density at radius 1 is 0.968 bits per heavy atom. The SMILES string of the molecule is CCC(C)c1cccn2ncc(Cc3ccc(-c4ccccc4-c4nn[nH]n4)cc3)c12. The summed E-state index contributed by atoms with van der Waals surface area (Å²) in [6.45, 7) is 4.51. The van der Waals surface area contributed by atoms with Crippen LogP contribution in [0.4, 0.5) is 0 Å². The highest BCUT2D eigenvalue weighted by Gasteiger charge is 2.14. The molecule has 5 aromatic rings. The van der Waals surface area contributed by atoms with Crippen LogP contribution in [0.25, 0.3) is 28.0 Å². The molecule has 0 aliphatic rings. The molecule has 0 aliphatic heterocycles. The first-order valence-corrected chi connectivity index (χ1v) is 10.6. The number of tetrazole rings is 1. The van der Waals surface area contributed by atoms with E-state index in [9.17, 15) is 0 Å². The molecule has 0 saturated heterocycles. The molecular weight excluding hydrogens is 384 g/mol. The smallest absolute Gasteiger partial charge is 0.205 e. The summed E-state index contributed by atoms with van der Waals surface area (Å²) in [4.78, 5) is 0. The number of nitrogens with zero attached hydrogens (tertiary/aromatic N) is 5. The molecule has 2 aromatic carbocycles. The number of benzene rings is 2. The average molecular weight is 409 g/mol. The Kier molecular flexibility index (Phi) is 5.04. The van der Waals surface area contributed by atoms with Gasteiger partial charge in [0.05, 0.1) is 11.7 Å². The van der Waals surface area contributed by atoms with Gasteiger partial charge in [-0.25, -0.2) is 4.52 Å². The third kappa shape index (κ3) is 3.61. The largest absolute Gasteiger partial charge is 0.240 e. The van der Waals surface area contributed by atoms with Crippen molar-refractivity contribution < 1.29 is 0 Å². The molecule has 0 radical (unpaired) electrons. The number of hydrogen-bond donors (Lipinski definition) is 1. The number of aromatic amines is 1. The first kappa shape index (κ1) is 19.2. The molecule has 154 valence electrons. The van der Waals surface area contributed by atoms with Crippen LogP contribution in [0.5, 0.6) is 0 Å². The zero-order valence-electron chi connectivity index (χ0n) is 17.7. The van der Waals surface area contributed by atoms with E-state index < -0.39 is 0 Å². The summed E-state index contributed by atoms with van der Waals surface area (Å²) in [5.41, 5.74) is 8.30. The lowest BCUT2D eigenvalue weighted by atomic mass is 9.94. The maximum atomic E-state index is 4.59. The highest BCUT2D eigenvalue weighted by atomic mass is 15.5.